The molecule has 0 bridgehead atoms. The molecule has 1 aliphatic carbocycles. The average Bonchev–Trinajstić information content (AvgIpc) is 2.91. The van der Waals surface area contributed by atoms with Gasteiger partial charge in [0.1, 0.15) is 10.7 Å². The molecule has 1 aromatic heterocycles. The average molecular weight is 229 g/mol. The normalized spacial score (nSPS) is 17.8. The summed E-state index contributed by atoms with van der Waals surface area (Å²) >= 11 is 6.01. The Balaban J connectivity index is 2.40. The first kappa shape index (κ1) is 10.5. The summed E-state index contributed by atoms with van der Waals surface area (Å²) < 4.78 is 1.64. The van der Waals surface area contributed by atoms with E-state index < -0.39 is 5.97 Å². The second kappa shape index (κ2) is 3.52. The smallest absolute Gasteiger partial charge is 0.340 e. The predicted octanol–water partition coefficient (Wildman–Crippen LogP) is 2.51. The fraction of sp³-hybridized carbons (Fsp3) is 0.600. The maximum atomic E-state index is 10.9. The van der Waals surface area contributed by atoms with Crippen molar-refractivity contribution >= 4 is 17.6 Å². The van der Waals surface area contributed by atoms with Gasteiger partial charge in [0, 0.05) is 0 Å². The molecule has 0 amide bonds. The summed E-state index contributed by atoms with van der Waals surface area (Å²) in [5, 5.41) is 13.4. The van der Waals surface area contributed by atoms with Gasteiger partial charge in [-0.3, -0.25) is 0 Å². The number of hydrogen-bond acceptors (Lipinski definition) is 2. The Morgan fingerprint density at radius 2 is 2.27 bits per heavy atom. The minimum absolute atomic E-state index is 0.129. The molecule has 5 heteroatoms. The molecule has 15 heavy (non-hydrogen) atoms. The molecule has 0 radical (unpaired) electrons. The van der Waals surface area contributed by atoms with Crippen LogP contribution in [0.2, 0.25) is 5.15 Å². The summed E-state index contributed by atoms with van der Waals surface area (Å²) in [6.07, 6.45) is 2.36. The van der Waals surface area contributed by atoms with E-state index in [9.17, 15) is 4.79 Å². The zero-order valence-corrected chi connectivity index (χ0v) is 9.45. The monoisotopic (exact) mass is 228 g/mol. The zero-order chi connectivity index (χ0) is 11.2. The lowest BCUT2D eigenvalue weighted by Gasteiger charge is -2.11. The number of hydrogen-bond donors (Lipinski definition) is 1. The van der Waals surface area contributed by atoms with Crippen LogP contribution >= 0.6 is 11.6 Å². The molecule has 0 spiro atoms. The van der Waals surface area contributed by atoms with Crippen molar-refractivity contribution in [2.24, 2.45) is 5.92 Å². The first-order valence-electron chi connectivity index (χ1n) is 5.00. The molecule has 1 fully saturated rings. The Bertz CT molecular complexity index is 410. The van der Waals surface area contributed by atoms with Gasteiger partial charge < -0.3 is 5.11 Å². The highest BCUT2D eigenvalue weighted by Gasteiger charge is 2.32. The standard InChI is InChI=1S/C10H13ClN2O2/c1-5-8(10(14)15)9(11)13(12-5)6(2)7-3-4-7/h6-7H,3-4H2,1-2H3,(H,14,15). The predicted molar refractivity (Wildman–Crippen MR) is 56.4 cm³/mol. The van der Waals surface area contributed by atoms with Gasteiger partial charge in [-0.2, -0.15) is 5.10 Å². The highest BCUT2D eigenvalue weighted by Crippen LogP contribution is 2.40. The van der Waals surface area contributed by atoms with E-state index >= 15 is 0 Å². The van der Waals surface area contributed by atoms with Crippen LogP contribution < -0.4 is 0 Å². The fourth-order valence-corrected chi connectivity index (χ4v) is 2.22. The summed E-state index contributed by atoms with van der Waals surface area (Å²) in [5.41, 5.74) is 0.615. The number of aromatic carboxylic acids is 1. The summed E-state index contributed by atoms with van der Waals surface area (Å²) in [6.45, 7) is 3.70. The van der Waals surface area contributed by atoms with E-state index in [0.29, 0.717) is 11.6 Å². The van der Waals surface area contributed by atoms with Crippen molar-refractivity contribution in [2.45, 2.75) is 32.7 Å². The van der Waals surface area contributed by atoms with E-state index in [0.717, 1.165) is 0 Å². The summed E-state index contributed by atoms with van der Waals surface area (Å²) in [6, 6.07) is 0.198. The van der Waals surface area contributed by atoms with Gasteiger partial charge in [-0.25, -0.2) is 9.48 Å². The summed E-state index contributed by atoms with van der Waals surface area (Å²) in [4.78, 5) is 10.9. The van der Waals surface area contributed by atoms with Gasteiger partial charge in [0.2, 0.25) is 0 Å². The van der Waals surface area contributed by atoms with E-state index in [2.05, 4.69) is 5.10 Å². The number of carboxylic acids is 1. The molecule has 2 rings (SSSR count). The lowest BCUT2D eigenvalue weighted by Crippen LogP contribution is -2.09. The number of aromatic nitrogens is 2. The number of aryl methyl sites for hydroxylation is 1. The molecule has 1 unspecified atom stereocenters. The molecule has 1 heterocycles. The quantitative estimate of drug-likeness (QED) is 0.865. The zero-order valence-electron chi connectivity index (χ0n) is 8.70. The van der Waals surface area contributed by atoms with Gasteiger partial charge >= 0.3 is 5.97 Å². The Hall–Kier alpha value is -1.03. The van der Waals surface area contributed by atoms with Gasteiger partial charge in [-0.05, 0) is 32.6 Å². The Kier molecular flexibility index (Phi) is 2.46. The fourth-order valence-electron chi connectivity index (χ4n) is 1.81. The van der Waals surface area contributed by atoms with Crippen LogP contribution in [0.4, 0.5) is 0 Å². The van der Waals surface area contributed by atoms with Gasteiger partial charge in [0.15, 0.2) is 0 Å². The molecule has 1 N–H and O–H groups in total. The lowest BCUT2D eigenvalue weighted by atomic mass is 10.2. The van der Waals surface area contributed by atoms with Gasteiger partial charge in [0.25, 0.3) is 0 Å². The molecular formula is C10H13ClN2O2. The van der Waals surface area contributed by atoms with Crippen LogP contribution in [0.1, 0.15) is 41.9 Å². The molecule has 1 aliphatic rings. The van der Waals surface area contributed by atoms with Crippen molar-refractivity contribution in [3.63, 3.8) is 0 Å². The number of rotatable bonds is 3. The van der Waals surface area contributed by atoms with Crippen molar-refractivity contribution in [1.29, 1.82) is 0 Å². The topological polar surface area (TPSA) is 55.1 Å². The van der Waals surface area contributed by atoms with E-state index in [4.69, 9.17) is 16.7 Å². The van der Waals surface area contributed by atoms with E-state index in [-0.39, 0.29) is 16.8 Å². The minimum atomic E-state index is -1.01. The lowest BCUT2D eigenvalue weighted by molar-refractivity contribution is 0.0696. The Labute approximate surface area is 92.8 Å². The number of halogens is 1. The molecule has 0 aromatic carbocycles. The molecule has 1 aromatic rings. The minimum Gasteiger partial charge on any atom is -0.478 e. The number of carboxylic acid groups (broad SMARTS) is 1. The molecule has 1 saturated carbocycles. The molecule has 0 aliphatic heterocycles. The molecule has 82 valence electrons. The highest BCUT2D eigenvalue weighted by atomic mass is 35.5. The van der Waals surface area contributed by atoms with Crippen LogP contribution in [-0.4, -0.2) is 20.9 Å². The summed E-state index contributed by atoms with van der Waals surface area (Å²) in [7, 11) is 0. The van der Waals surface area contributed by atoms with Crippen LogP contribution in [0.3, 0.4) is 0 Å². The van der Waals surface area contributed by atoms with Crippen LogP contribution in [0, 0.1) is 12.8 Å². The SMILES string of the molecule is Cc1nn(C(C)C2CC2)c(Cl)c1C(=O)O. The second-order valence-corrected chi connectivity index (χ2v) is 4.44. The molecule has 1 atom stereocenters. The third kappa shape index (κ3) is 1.74. The number of carbonyl (C=O) groups is 1. The van der Waals surface area contributed by atoms with Gasteiger partial charge in [0.05, 0.1) is 11.7 Å². The first-order valence-corrected chi connectivity index (χ1v) is 5.38. The van der Waals surface area contributed by atoms with E-state index in [1.54, 1.807) is 11.6 Å². The third-order valence-corrected chi connectivity index (χ3v) is 3.29. The van der Waals surface area contributed by atoms with Crippen LogP contribution in [-0.2, 0) is 0 Å². The van der Waals surface area contributed by atoms with Crippen molar-refractivity contribution < 1.29 is 9.90 Å². The van der Waals surface area contributed by atoms with Crippen LogP contribution in [0.5, 0.6) is 0 Å². The van der Waals surface area contributed by atoms with Crippen molar-refractivity contribution in [3.05, 3.63) is 16.4 Å². The Morgan fingerprint density at radius 3 is 2.67 bits per heavy atom. The number of nitrogens with zero attached hydrogens (tertiary/aromatic N) is 2. The maximum absolute atomic E-state index is 10.9. The van der Waals surface area contributed by atoms with Crippen LogP contribution in [0.15, 0.2) is 0 Å². The maximum Gasteiger partial charge on any atom is 0.340 e. The summed E-state index contributed by atoms with van der Waals surface area (Å²) in [5.74, 6) is -0.407. The highest BCUT2D eigenvalue weighted by molar-refractivity contribution is 6.32. The Morgan fingerprint density at radius 1 is 1.67 bits per heavy atom. The molecule has 4 nitrogen and oxygen atoms in total. The van der Waals surface area contributed by atoms with Crippen molar-refractivity contribution in [2.75, 3.05) is 0 Å². The van der Waals surface area contributed by atoms with Crippen molar-refractivity contribution in [1.82, 2.24) is 9.78 Å². The third-order valence-electron chi connectivity index (χ3n) is 2.93. The van der Waals surface area contributed by atoms with Gasteiger partial charge in [-0.15, -0.1) is 0 Å². The molecule has 0 saturated heterocycles. The van der Waals surface area contributed by atoms with Crippen LogP contribution in [0.25, 0.3) is 0 Å². The second-order valence-electron chi connectivity index (χ2n) is 4.08. The van der Waals surface area contributed by atoms with Crippen molar-refractivity contribution in [3.8, 4) is 0 Å². The molecular weight excluding hydrogens is 216 g/mol. The first-order chi connectivity index (χ1) is 7.02. The van der Waals surface area contributed by atoms with E-state index in [1.165, 1.54) is 12.8 Å². The van der Waals surface area contributed by atoms with Gasteiger partial charge in [-0.1, -0.05) is 11.6 Å². The van der Waals surface area contributed by atoms with E-state index in [1.807, 2.05) is 6.92 Å². The largest absolute Gasteiger partial charge is 0.478 e.